The summed E-state index contributed by atoms with van der Waals surface area (Å²) in [4.78, 5) is 25.4. The molecule has 0 N–H and O–H groups in total. The second-order valence-electron chi connectivity index (χ2n) is 6.22. The van der Waals surface area contributed by atoms with Crippen LogP contribution in [0.3, 0.4) is 0 Å². The van der Waals surface area contributed by atoms with E-state index < -0.39 is 11.9 Å². The van der Waals surface area contributed by atoms with E-state index >= 15 is 0 Å². The molecule has 0 saturated carbocycles. The van der Waals surface area contributed by atoms with Crippen LogP contribution in [0.2, 0.25) is 0 Å². The summed E-state index contributed by atoms with van der Waals surface area (Å²) in [6.07, 6.45) is 2.16. The molecule has 26 heavy (non-hydrogen) atoms. The number of carbonyl (C=O) groups excluding carboxylic acids is 2. The lowest BCUT2D eigenvalue weighted by Gasteiger charge is -2.30. The van der Waals surface area contributed by atoms with E-state index in [1.54, 1.807) is 20.1 Å². The first-order valence-electron chi connectivity index (χ1n) is 8.75. The maximum atomic E-state index is 12.9. The van der Waals surface area contributed by atoms with E-state index in [-0.39, 0.29) is 18.3 Å². The molecule has 2 aromatic carbocycles. The third-order valence-corrected chi connectivity index (χ3v) is 4.69. The predicted molar refractivity (Wildman–Crippen MR) is 99.9 cm³/mol. The molecule has 0 saturated heterocycles. The molecule has 0 amide bonds. The molecule has 1 aliphatic carbocycles. The molecule has 0 heterocycles. The Kier molecular flexibility index (Phi) is 5.52. The quantitative estimate of drug-likeness (QED) is 0.604. The zero-order chi connectivity index (χ0) is 18.5. The Morgan fingerprint density at radius 1 is 1.08 bits per heavy atom. The molecular weight excluding hydrogens is 328 g/mol. The average Bonchev–Trinajstić information content (AvgIpc) is 2.68. The highest BCUT2D eigenvalue weighted by Crippen LogP contribution is 2.43. The van der Waals surface area contributed by atoms with Gasteiger partial charge in [0.1, 0.15) is 11.7 Å². The Balaban J connectivity index is 2.06. The number of allylic oxidation sites excluding steroid dienone is 2. The Bertz CT molecular complexity index is 823. The van der Waals surface area contributed by atoms with E-state index in [4.69, 9.17) is 9.47 Å². The van der Waals surface area contributed by atoms with E-state index in [9.17, 15) is 9.59 Å². The molecule has 0 radical (unpaired) electrons. The summed E-state index contributed by atoms with van der Waals surface area (Å²) in [5.41, 5.74) is 2.76. The third kappa shape index (κ3) is 3.54. The first-order valence-corrected chi connectivity index (χ1v) is 8.75. The summed E-state index contributed by atoms with van der Waals surface area (Å²) in [7, 11) is 1.59. The Morgan fingerprint density at radius 2 is 1.77 bits per heavy atom. The number of ketones is 1. The van der Waals surface area contributed by atoms with E-state index in [2.05, 4.69) is 0 Å². The van der Waals surface area contributed by atoms with Gasteiger partial charge in [-0.2, -0.15) is 0 Å². The Hall–Kier alpha value is -2.88. The molecule has 4 heteroatoms. The average molecular weight is 350 g/mol. The van der Waals surface area contributed by atoms with Gasteiger partial charge < -0.3 is 9.47 Å². The van der Waals surface area contributed by atoms with Crippen LogP contribution in [0.4, 0.5) is 0 Å². The first kappa shape index (κ1) is 17.9. The Morgan fingerprint density at radius 3 is 2.46 bits per heavy atom. The number of methoxy groups -OCH3 is 1. The molecule has 0 fully saturated rings. The summed E-state index contributed by atoms with van der Waals surface area (Å²) in [6, 6.07) is 17.3. The smallest absolute Gasteiger partial charge is 0.317 e. The molecule has 2 atom stereocenters. The molecule has 0 bridgehead atoms. The van der Waals surface area contributed by atoms with Crippen molar-refractivity contribution in [3.8, 4) is 5.75 Å². The van der Waals surface area contributed by atoms with Gasteiger partial charge in [-0.25, -0.2) is 0 Å². The van der Waals surface area contributed by atoms with Crippen LogP contribution in [0.5, 0.6) is 5.75 Å². The molecule has 2 aromatic rings. The SMILES string of the molecule is CCOC(=O)C1C(=O)C=C(c2ccccc2)CC1c1ccccc1OC. The normalized spacial score (nSPS) is 19.6. The molecule has 4 nitrogen and oxygen atoms in total. The van der Waals surface area contributed by atoms with Gasteiger partial charge in [0.25, 0.3) is 0 Å². The van der Waals surface area contributed by atoms with Gasteiger partial charge in [0.2, 0.25) is 0 Å². The van der Waals surface area contributed by atoms with E-state index in [0.717, 1.165) is 16.7 Å². The van der Waals surface area contributed by atoms with Crippen molar-refractivity contribution >= 4 is 17.3 Å². The van der Waals surface area contributed by atoms with E-state index in [1.807, 2.05) is 54.6 Å². The predicted octanol–water partition coefficient (Wildman–Crippen LogP) is 4.01. The monoisotopic (exact) mass is 350 g/mol. The van der Waals surface area contributed by atoms with Crippen molar-refractivity contribution in [3.05, 3.63) is 71.8 Å². The van der Waals surface area contributed by atoms with Crippen molar-refractivity contribution < 1.29 is 19.1 Å². The maximum Gasteiger partial charge on any atom is 0.317 e. The minimum Gasteiger partial charge on any atom is -0.496 e. The summed E-state index contributed by atoms with van der Waals surface area (Å²) in [5.74, 6) is -1.19. The molecule has 2 unspecified atom stereocenters. The molecule has 0 aliphatic heterocycles. The number of hydrogen-bond acceptors (Lipinski definition) is 4. The van der Waals surface area contributed by atoms with Gasteiger partial charge in [-0.15, -0.1) is 0 Å². The highest BCUT2D eigenvalue weighted by Gasteiger charge is 2.40. The van der Waals surface area contributed by atoms with Crippen LogP contribution in [0.25, 0.3) is 5.57 Å². The highest BCUT2D eigenvalue weighted by atomic mass is 16.5. The number of hydrogen-bond donors (Lipinski definition) is 0. The minimum absolute atomic E-state index is 0.218. The van der Waals surface area contributed by atoms with Crippen LogP contribution in [0, 0.1) is 5.92 Å². The fraction of sp³-hybridized carbons (Fsp3) is 0.273. The summed E-state index contributed by atoms with van der Waals surface area (Å²) >= 11 is 0. The number of rotatable bonds is 5. The zero-order valence-corrected chi connectivity index (χ0v) is 15.0. The van der Waals surface area contributed by atoms with Gasteiger partial charge in [-0.3, -0.25) is 9.59 Å². The van der Waals surface area contributed by atoms with Crippen LogP contribution in [-0.2, 0) is 14.3 Å². The summed E-state index contributed by atoms with van der Waals surface area (Å²) < 4.78 is 10.7. The van der Waals surface area contributed by atoms with Crippen LogP contribution >= 0.6 is 0 Å². The van der Waals surface area contributed by atoms with Crippen molar-refractivity contribution in [2.24, 2.45) is 5.92 Å². The van der Waals surface area contributed by atoms with Crippen LogP contribution in [0.1, 0.15) is 30.4 Å². The number of para-hydroxylation sites is 1. The topological polar surface area (TPSA) is 52.6 Å². The van der Waals surface area contributed by atoms with Gasteiger partial charge in [0.15, 0.2) is 5.78 Å². The van der Waals surface area contributed by atoms with Gasteiger partial charge in [0, 0.05) is 5.92 Å². The largest absolute Gasteiger partial charge is 0.496 e. The van der Waals surface area contributed by atoms with Gasteiger partial charge in [0.05, 0.1) is 13.7 Å². The van der Waals surface area contributed by atoms with Crippen LogP contribution in [0.15, 0.2) is 60.7 Å². The molecule has 1 aliphatic rings. The highest BCUT2D eigenvalue weighted by molar-refractivity contribution is 6.10. The first-order chi connectivity index (χ1) is 12.7. The molecule has 0 spiro atoms. The lowest BCUT2D eigenvalue weighted by atomic mass is 9.73. The van der Waals surface area contributed by atoms with Gasteiger partial charge >= 0.3 is 5.97 Å². The lowest BCUT2D eigenvalue weighted by molar-refractivity contribution is -0.151. The van der Waals surface area contributed by atoms with E-state index in [0.29, 0.717) is 12.2 Å². The van der Waals surface area contributed by atoms with Crippen molar-refractivity contribution in [1.29, 1.82) is 0 Å². The molecule has 3 rings (SSSR count). The van der Waals surface area contributed by atoms with E-state index in [1.165, 1.54) is 0 Å². The fourth-order valence-corrected chi connectivity index (χ4v) is 3.50. The number of ether oxygens (including phenoxy) is 2. The molecular formula is C22H22O4. The van der Waals surface area contributed by atoms with Gasteiger partial charge in [-0.1, -0.05) is 48.5 Å². The lowest BCUT2D eigenvalue weighted by Crippen LogP contribution is -2.34. The Labute approximate surface area is 153 Å². The summed E-state index contributed by atoms with van der Waals surface area (Å²) in [6.45, 7) is 1.99. The number of carbonyl (C=O) groups is 2. The molecule has 134 valence electrons. The van der Waals surface area contributed by atoms with Crippen LogP contribution in [-0.4, -0.2) is 25.5 Å². The summed E-state index contributed by atoms with van der Waals surface area (Å²) in [5, 5.41) is 0. The van der Waals surface area contributed by atoms with Crippen molar-refractivity contribution in [1.82, 2.24) is 0 Å². The van der Waals surface area contributed by atoms with Crippen molar-refractivity contribution in [2.45, 2.75) is 19.3 Å². The minimum atomic E-state index is -0.848. The van der Waals surface area contributed by atoms with Gasteiger partial charge in [-0.05, 0) is 42.2 Å². The molecule has 0 aromatic heterocycles. The second-order valence-corrected chi connectivity index (χ2v) is 6.22. The third-order valence-electron chi connectivity index (χ3n) is 4.69. The zero-order valence-electron chi connectivity index (χ0n) is 15.0. The van der Waals surface area contributed by atoms with Crippen molar-refractivity contribution in [3.63, 3.8) is 0 Å². The fourth-order valence-electron chi connectivity index (χ4n) is 3.50. The second kappa shape index (κ2) is 8.00. The maximum absolute atomic E-state index is 12.9. The standard InChI is InChI=1S/C22H22O4/c1-3-26-22(24)21-18(17-11-7-8-12-20(17)25-2)13-16(14-19(21)23)15-9-5-4-6-10-15/h4-12,14,18,21H,3,13H2,1-2H3. The van der Waals surface area contributed by atoms with Crippen LogP contribution < -0.4 is 4.74 Å². The van der Waals surface area contributed by atoms with Crippen molar-refractivity contribution in [2.75, 3.05) is 13.7 Å². The number of benzene rings is 2. The number of esters is 1.